The summed E-state index contributed by atoms with van der Waals surface area (Å²) in [6, 6.07) is 24.4. The molecular weight excluding hydrogens is 330 g/mol. The molecule has 0 aliphatic carbocycles. The summed E-state index contributed by atoms with van der Waals surface area (Å²) in [7, 11) is 0. The summed E-state index contributed by atoms with van der Waals surface area (Å²) in [4.78, 5) is 24.4. The molecule has 130 valence electrons. The van der Waals surface area contributed by atoms with Crippen LogP contribution in [0.4, 0.5) is 0 Å². The monoisotopic (exact) mass is 347 g/mol. The summed E-state index contributed by atoms with van der Waals surface area (Å²) in [5, 5.41) is 0. The van der Waals surface area contributed by atoms with Gasteiger partial charge in [0.05, 0.1) is 0 Å². The van der Waals surface area contributed by atoms with Crippen molar-refractivity contribution in [1.29, 1.82) is 0 Å². The standard InChI is InChI=1S/C21H17NO4/c22-20(23)19(15-9-3-1-4-10-15)26-21(24)17-13-7-8-14-18(17)25-16-11-5-2-6-12-16/h1-14,19H,(H2,22,23). The second-order valence-electron chi connectivity index (χ2n) is 5.51. The van der Waals surface area contributed by atoms with Crippen LogP contribution >= 0.6 is 0 Å². The molecule has 0 fully saturated rings. The van der Waals surface area contributed by atoms with E-state index >= 15 is 0 Å². The zero-order chi connectivity index (χ0) is 18.4. The van der Waals surface area contributed by atoms with E-state index in [0.717, 1.165) is 0 Å². The van der Waals surface area contributed by atoms with Gasteiger partial charge in [-0.1, -0.05) is 60.7 Å². The van der Waals surface area contributed by atoms with Crippen LogP contribution in [0.1, 0.15) is 22.0 Å². The number of nitrogens with two attached hydrogens (primary N) is 1. The van der Waals surface area contributed by atoms with E-state index in [1.807, 2.05) is 18.2 Å². The first kappa shape index (κ1) is 17.2. The highest BCUT2D eigenvalue weighted by molar-refractivity contribution is 5.94. The van der Waals surface area contributed by atoms with Crippen LogP contribution in [0.15, 0.2) is 84.9 Å². The Kier molecular flexibility index (Phi) is 5.29. The third-order valence-corrected chi connectivity index (χ3v) is 3.66. The van der Waals surface area contributed by atoms with Gasteiger partial charge in [-0.15, -0.1) is 0 Å². The third-order valence-electron chi connectivity index (χ3n) is 3.66. The Hall–Kier alpha value is -3.60. The van der Waals surface area contributed by atoms with Crippen molar-refractivity contribution >= 4 is 11.9 Å². The summed E-state index contributed by atoms with van der Waals surface area (Å²) in [6.45, 7) is 0. The molecule has 0 heterocycles. The Bertz CT molecular complexity index is 894. The van der Waals surface area contributed by atoms with Crippen molar-refractivity contribution in [3.05, 3.63) is 96.1 Å². The normalized spacial score (nSPS) is 11.4. The van der Waals surface area contributed by atoms with Crippen molar-refractivity contribution in [2.75, 3.05) is 0 Å². The number of rotatable bonds is 6. The van der Waals surface area contributed by atoms with Crippen LogP contribution in [0.3, 0.4) is 0 Å². The SMILES string of the molecule is NC(=O)C(OC(=O)c1ccccc1Oc1ccccc1)c1ccccc1. The molecule has 3 aromatic rings. The number of benzene rings is 3. The molecule has 0 radical (unpaired) electrons. The summed E-state index contributed by atoms with van der Waals surface area (Å²) in [5.74, 6) is -0.516. The zero-order valence-electron chi connectivity index (χ0n) is 13.9. The maximum absolute atomic E-state index is 12.6. The molecule has 26 heavy (non-hydrogen) atoms. The molecule has 0 aromatic heterocycles. The Morgan fingerprint density at radius 1 is 0.769 bits per heavy atom. The summed E-state index contributed by atoms with van der Waals surface area (Å²) >= 11 is 0. The molecule has 2 N–H and O–H groups in total. The molecule has 0 saturated carbocycles. The lowest BCUT2D eigenvalue weighted by Gasteiger charge is -2.16. The molecule has 0 bridgehead atoms. The molecule has 0 aliphatic rings. The Labute approximate surface area is 151 Å². The van der Waals surface area contributed by atoms with Gasteiger partial charge in [0.25, 0.3) is 5.91 Å². The zero-order valence-corrected chi connectivity index (χ0v) is 13.9. The average Bonchev–Trinajstić information content (AvgIpc) is 2.67. The summed E-state index contributed by atoms with van der Waals surface area (Å²) in [5.41, 5.74) is 6.13. The number of primary amides is 1. The van der Waals surface area contributed by atoms with E-state index in [1.165, 1.54) is 0 Å². The van der Waals surface area contributed by atoms with Gasteiger partial charge in [0.1, 0.15) is 17.1 Å². The fourth-order valence-electron chi connectivity index (χ4n) is 2.43. The molecular formula is C21H17NO4. The molecule has 1 unspecified atom stereocenters. The molecule has 3 rings (SSSR count). The van der Waals surface area contributed by atoms with E-state index in [0.29, 0.717) is 17.1 Å². The number of carbonyl (C=O) groups is 2. The third kappa shape index (κ3) is 4.08. The number of hydrogen-bond acceptors (Lipinski definition) is 4. The van der Waals surface area contributed by atoms with E-state index in [4.69, 9.17) is 15.2 Å². The lowest BCUT2D eigenvalue weighted by Crippen LogP contribution is -2.26. The van der Waals surface area contributed by atoms with Gasteiger partial charge in [-0.25, -0.2) is 4.79 Å². The van der Waals surface area contributed by atoms with Gasteiger partial charge in [0.15, 0.2) is 0 Å². The van der Waals surface area contributed by atoms with Crippen molar-refractivity contribution in [3.63, 3.8) is 0 Å². The van der Waals surface area contributed by atoms with Crippen molar-refractivity contribution < 1.29 is 19.1 Å². The molecule has 0 saturated heterocycles. The lowest BCUT2D eigenvalue weighted by atomic mass is 10.1. The van der Waals surface area contributed by atoms with Gasteiger partial charge in [0, 0.05) is 5.56 Å². The second kappa shape index (κ2) is 7.98. The van der Waals surface area contributed by atoms with E-state index in [-0.39, 0.29) is 5.56 Å². The van der Waals surface area contributed by atoms with Gasteiger partial charge >= 0.3 is 5.97 Å². The Morgan fingerprint density at radius 2 is 1.35 bits per heavy atom. The first-order chi connectivity index (χ1) is 12.6. The number of amides is 1. The number of carbonyl (C=O) groups excluding carboxylic acids is 2. The molecule has 0 spiro atoms. The maximum atomic E-state index is 12.6. The minimum atomic E-state index is -1.17. The highest BCUT2D eigenvalue weighted by Gasteiger charge is 2.25. The topological polar surface area (TPSA) is 78.6 Å². The van der Waals surface area contributed by atoms with Crippen molar-refractivity contribution in [3.8, 4) is 11.5 Å². The highest BCUT2D eigenvalue weighted by atomic mass is 16.6. The number of esters is 1. The minimum absolute atomic E-state index is 0.207. The van der Waals surface area contributed by atoms with Crippen LogP contribution < -0.4 is 10.5 Å². The molecule has 5 nitrogen and oxygen atoms in total. The number of ether oxygens (including phenoxy) is 2. The second-order valence-corrected chi connectivity index (χ2v) is 5.51. The van der Waals surface area contributed by atoms with Gasteiger partial charge in [-0.05, 0) is 24.3 Å². The van der Waals surface area contributed by atoms with Crippen molar-refractivity contribution in [2.45, 2.75) is 6.10 Å². The molecule has 3 aromatic carbocycles. The number of hydrogen-bond donors (Lipinski definition) is 1. The predicted molar refractivity (Wildman–Crippen MR) is 96.8 cm³/mol. The number of para-hydroxylation sites is 2. The van der Waals surface area contributed by atoms with Crippen LogP contribution in [-0.2, 0) is 9.53 Å². The smallest absolute Gasteiger partial charge is 0.343 e. The van der Waals surface area contributed by atoms with Crippen molar-refractivity contribution in [2.24, 2.45) is 5.73 Å². The molecule has 5 heteroatoms. The van der Waals surface area contributed by atoms with Gasteiger partial charge in [-0.3, -0.25) is 4.79 Å². The van der Waals surface area contributed by atoms with Gasteiger partial charge in [0.2, 0.25) is 6.10 Å². The Morgan fingerprint density at radius 3 is 2.00 bits per heavy atom. The first-order valence-corrected chi connectivity index (χ1v) is 8.02. The van der Waals surface area contributed by atoms with Crippen LogP contribution in [0.2, 0.25) is 0 Å². The average molecular weight is 347 g/mol. The Balaban J connectivity index is 1.84. The quantitative estimate of drug-likeness (QED) is 0.687. The van der Waals surface area contributed by atoms with Crippen LogP contribution in [0, 0.1) is 0 Å². The fraction of sp³-hybridized carbons (Fsp3) is 0.0476. The van der Waals surface area contributed by atoms with E-state index in [2.05, 4.69) is 0 Å². The first-order valence-electron chi connectivity index (χ1n) is 8.02. The maximum Gasteiger partial charge on any atom is 0.343 e. The fourth-order valence-corrected chi connectivity index (χ4v) is 2.43. The van der Waals surface area contributed by atoms with E-state index in [9.17, 15) is 9.59 Å². The van der Waals surface area contributed by atoms with Crippen LogP contribution in [-0.4, -0.2) is 11.9 Å². The summed E-state index contributed by atoms with van der Waals surface area (Å²) < 4.78 is 11.1. The summed E-state index contributed by atoms with van der Waals surface area (Å²) in [6.07, 6.45) is -1.17. The van der Waals surface area contributed by atoms with E-state index < -0.39 is 18.0 Å². The van der Waals surface area contributed by atoms with Crippen LogP contribution in [0.25, 0.3) is 0 Å². The largest absolute Gasteiger partial charge is 0.456 e. The molecule has 1 amide bonds. The highest BCUT2D eigenvalue weighted by Crippen LogP contribution is 2.27. The molecule has 0 aliphatic heterocycles. The van der Waals surface area contributed by atoms with Crippen molar-refractivity contribution in [1.82, 2.24) is 0 Å². The van der Waals surface area contributed by atoms with E-state index in [1.54, 1.807) is 66.7 Å². The minimum Gasteiger partial charge on any atom is -0.456 e. The predicted octanol–water partition coefficient (Wildman–Crippen LogP) is 3.86. The molecule has 1 atom stereocenters. The van der Waals surface area contributed by atoms with Crippen LogP contribution in [0.5, 0.6) is 11.5 Å². The van der Waals surface area contributed by atoms with Gasteiger partial charge < -0.3 is 15.2 Å². The lowest BCUT2D eigenvalue weighted by molar-refractivity contribution is -0.127. The van der Waals surface area contributed by atoms with Gasteiger partial charge in [-0.2, -0.15) is 0 Å².